The van der Waals surface area contributed by atoms with Crippen LogP contribution in [0, 0.1) is 17.2 Å². The number of nitrogens with zero attached hydrogens (tertiary/aromatic N) is 4. The molecule has 2 saturated carbocycles. The van der Waals surface area contributed by atoms with Gasteiger partial charge in [-0.15, -0.1) is 11.3 Å². The number of pyridine rings is 1. The largest absolute Gasteiger partial charge is 0.433 e. The molecule has 0 spiro atoms. The molecule has 3 fully saturated rings. The van der Waals surface area contributed by atoms with Gasteiger partial charge in [0.2, 0.25) is 5.91 Å². The number of rotatable bonds is 6. The van der Waals surface area contributed by atoms with Crippen molar-refractivity contribution in [2.24, 2.45) is 5.92 Å². The smallest absolute Gasteiger partial charge is 0.369 e. The first kappa shape index (κ1) is 29.6. The van der Waals surface area contributed by atoms with Crippen LogP contribution in [-0.2, 0) is 20.8 Å². The van der Waals surface area contributed by atoms with Crippen LogP contribution >= 0.6 is 11.3 Å². The van der Waals surface area contributed by atoms with Gasteiger partial charge in [0.15, 0.2) is 9.84 Å². The first-order valence-electron chi connectivity index (χ1n) is 14.3. The minimum atomic E-state index is -4.55. The van der Waals surface area contributed by atoms with Crippen molar-refractivity contribution in [3.05, 3.63) is 54.0 Å². The summed E-state index contributed by atoms with van der Waals surface area (Å²) in [5.41, 5.74) is 1.16. The molecular weight excluding hydrogens is 599 g/mol. The minimum Gasteiger partial charge on any atom is -0.369 e. The Morgan fingerprint density at radius 3 is 2.33 bits per heavy atom. The Bertz CT molecular complexity index is 1650. The Kier molecular flexibility index (Phi) is 7.71. The summed E-state index contributed by atoms with van der Waals surface area (Å²) in [5, 5.41) is 13.0. The Labute approximate surface area is 251 Å². The summed E-state index contributed by atoms with van der Waals surface area (Å²) in [6.07, 6.45) is 1.05. The summed E-state index contributed by atoms with van der Waals surface area (Å²) in [6, 6.07) is 12.3. The van der Waals surface area contributed by atoms with E-state index < -0.39 is 27.2 Å². The second-order valence-electron chi connectivity index (χ2n) is 11.5. The SMILES string of the molecule is N#CC1(NC(=O)C2CCCCC2c2nc(-c3ccc(C(F)(F)F)nc3)sc2-c2ccc(N3CCS(=O)(=O)CC3)cc2)CC1. The number of aromatic nitrogens is 2. The van der Waals surface area contributed by atoms with Gasteiger partial charge in [-0.1, -0.05) is 25.0 Å². The summed E-state index contributed by atoms with van der Waals surface area (Å²) >= 11 is 1.35. The average molecular weight is 630 g/mol. The molecule has 1 aliphatic heterocycles. The predicted octanol–water partition coefficient (Wildman–Crippen LogP) is 5.57. The van der Waals surface area contributed by atoms with Crippen LogP contribution in [0.2, 0.25) is 0 Å². The highest BCUT2D eigenvalue weighted by Gasteiger charge is 2.47. The number of sulfone groups is 1. The maximum Gasteiger partial charge on any atom is 0.433 e. The van der Waals surface area contributed by atoms with Gasteiger partial charge in [0.25, 0.3) is 0 Å². The number of amides is 1. The van der Waals surface area contributed by atoms with E-state index in [0.29, 0.717) is 42.9 Å². The zero-order valence-electron chi connectivity index (χ0n) is 23.2. The predicted molar refractivity (Wildman–Crippen MR) is 157 cm³/mol. The molecule has 13 heteroatoms. The van der Waals surface area contributed by atoms with Crippen molar-refractivity contribution in [3.8, 4) is 27.1 Å². The van der Waals surface area contributed by atoms with E-state index in [0.717, 1.165) is 47.2 Å². The number of hydrogen-bond acceptors (Lipinski definition) is 8. The van der Waals surface area contributed by atoms with Gasteiger partial charge in [-0.05, 0) is 55.5 Å². The van der Waals surface area contributed by atoms with Gasteiger partial charge in [-0.25, -0.2) is 13.4 Å². The Morgan fingerprint density at radius 1 is 1.05 bits per heavy atom. The molecule has 226 valence electrons. The lowest BCUT2D eigenvalue weighted by Crippen LogP contribution is -2.42. The topological polar surface area (TPSA) is 116 Å². The summed E-state index contributed by atoms with van der Waals surface area (Å²) in [5.74, 6) is -0.547. The number of benzene rings is 1. The Balaban J connectivity index is 1.35. The second kappa shape index (κ2) is 11.2. The molecule has 6 rings (SSSR count). The third-order valence-electron chi connectivity index (χ3n) is 8.57. The fourth-order valence-corrected chi connectivity index (χ4v) is 8.22. The van der Waals surface area contributed by atoms with Crippen LogP contribution in [-0.4, -0.2) is 54.4 Å². The molecular formula is C30H30F3N5O3S2. The van der Waals surface area contributed by atoms with Crippen molar-refractivity contribution in [2.45, 2.75) is 56.2 Å². The molecule has 0 radical (unpaired) electrons. The monoisotopic (exact) mass is 629 g/mol. The maximum atomic E-state index is 13.5. The molecule has 1 amide bonds. The second-order valence-corrected chi connectivity index (χ2v) is 14.8. The summed E-state index contributed by atoms with van der Waals surface area (Å²) < 4.78 is 63.2. The number of hydrogen-bond donors (Lipinski definition) is 1. The van der Waals surface area contributed by atoms with Crippen LogP contribution in [0.25, 0.3) is 21.0 Å². The van der Waals surface area contributed by atoms with E-state index in [1.165, 1.54) is 23.6 Å². The number of nitrogens with one attached hydrogen (secondary N) is 1. The number of nitriles is 1. The normalized spacial score (nSPS) is 22.9. The van der Waals surface area contributed by atoms with E-state index in [2.05, 4.69) is 16.4 Å². The molecule has 2 aromatic heterocycles. The molecule has 2 aliphatic carbocycles. The Hall–Kier alpha value is -3.50. The lowest BCUT2D eigenvalue weighted by Gasteiger charge is -2.31. The van der Waals surface area contributed by atoms with Crippen LogP contribution in [0.3, 0.4) is 0 Å². The zero-order valence-corrected chi connectivity index (χ0v) is 24.9. The van der Waals surface area contributed by atoms with Crippen LogP contribution in [0.15, 0.2) is 42.6 Å². The molecule has 0 bridgehead atoms. The summed E-state index contributed by atoms with van der Waals surface area (Å²) in [7, 11) is -3.02. The number of anilines is 1. The number of carbonyl (C=O) groups excluding carboxylic acids is 1. The van der Waals surface area contributed by atoms with Gasteiger partial charge < -0.3 is 10.2 Å². The van der Waals surface area contributed by atoms with E-state index >= 15 is 0 Å². The van der Waals surface area contributed by atoms with Crippen LogP contribution in [0.1, 0.15) is 55.8 Å². The van der Waals surface area contributed by atoms with Gasteiger partial charge in [-0.3, -0.25) is 9.78 Å². The molecule has 2 atom stereocenters. The lowest BCUT2D eigenvalue weighted by molar-refractivity contribution is -0.141. The Morgan fingerprint density at radius 2 is 1.72 bits per heavy atom. The number of carbonyl (C=O) groups is 1. The molecule has 3 aliphatic rings. The van der Waals surface area contributed by atoms with Crippen molar-refractivity contribution < 1.29 is 26.4 Å². The summed E-state index contributed by atoms with van der Waals surface area (Å²) in [6.45, 7) is 0.837. The van der Waals surface area contributed by atoms with Gasteiger partial charge in [-0.2, -0.15) is 18.4 Å². The van der Waals surface area contributed by atoms with Crippen LogP contribution in [0.5, 0.6) is 0 Å². The highest BCUT2D eigenvalue weighted by Crippen LogP contribution is 2.47. The minimum absolute atomic E-state index is 0.108. The van der Waals surface area contributed by atoms with Crippen LogP contribution in [0.4, 0.5) is 18.9 Å². The lowest BCUT2D eigenvalue weighted by atomic mass is 9.76. The molecule has 2 unspecified atom stereocenters. The van der Waals surface area contributed by atoms with Crippen molar-refractivity contribution in [2.75, 3.05) is 29.5 Å². The quantitative estimate of drug-likeness (QED) is 0.379. The molecule has 3 heterocycles. The first-order chi connectivity index (χ1) is 20.5. The van der Waals surface area contributed by atoms with Crippen molar-refractivity contribution >= 4 is 32.8 Å². The van der Waals surface area contributed by atoms with E-state index in [4.69, 9.17) is 4.98 Å². The van der Waals surface area contributed by atoms with Crippen molar-refractivity contribution in [1.82, 2.24) is 15.3 Å². The molecule has 1 aromatic carbocycles. The van der Waals surface area contributed by atoms with Crippen molar-refractivity contribution in [3.63, 3.8) is 0 Å². The highest BCUT2D eigenvalue weighted by atomic mass is 32.2. The fourth-order valence-electron chi connectivity index (χ4n) is 5.89. The van der Waals surface area contributed by atoms with E-state index in [-0.39, 0.29) is 29.2 Å². The van der Waals surface area contributed by atoms with Gasteiger partial charge in [0, 0.05) is 42.4 Å². The van der Waals surface area contributed by atoms with E-state index in [9.17, 15) is 31.6 Å². The molecule has 3 aromatic rings. The van der Waals surface area contributed by atoms with E-state index in [1.807, 2.05) is 29.2 Å². The number of halogens is 3. The van der Waals surface area contributed by atoms with Crippen molar-refractivity contribution in [1.29, 1.82) is 5.26 Å². The number of thiazole rings is 1. The van der Waals surface area contributed by atoms with Crippen LogP contribution < -0.4 is 10.2 Å². The molecule has 1 N–H and O–H groups in total. The maximum absolute atomic E-state index is 13.5. The van der Waals surface area contributed by atoms with Gasteiger partial charge in [0.1, 0.15) is 16.2 Å². The molecule has 8 nitrogen and oxygen atoms in total. The zero-order chi connectivity index (χ0) is 30.4. The molecule has 1 saturated heterocycles. The third-order valence-corrected chi connectivity index (χ3v) is 11.4. The molecule has 43 heavy (non-hydrogen) atoms. The summed E-state index contributed by atoms with van der Waals surface area (Å²) in [4.78, 5) is 24.9. The average Bonchev–Trinajstić information content (AvgIpc) is 3.63. The third kappa shape index (κ3) is 6.26. The van der Waals surface area contributed by atoms with E-state index in [1.54, 1.807) is 0 Å². The fraction of sp³-hybridized carbons (Fsp3) is 0.467. The van der Waals surface area contributed by atoms with Gasteiger partial charge in [0.05, 0.1) is 28.1 Å². The first-order valence-corrected chi connectivity index (χ1v) is 16.9. The number of alkyl halides is 3. The van der Waals surface area contributed by atoms with Gasteiger partial charge >= 0.3 is 6.18 Å². The standard InChI is InChI=1S/C30H30F3N5O3S2/c31-30(32,33)24-10-7-20(17-35-24)28-36-25(22-3-1-2-4-23(22)27(39)37-29(18-34)11-12-29)26(42-28)19-5-8-21(9-6-19)38-13-15-43(40,41)16-14-38/h5-10,17,22-23H,1-4,11-16H2,(H,37,39). The highest BCUT2D eigenvalue weighted by molar-refractivity contribution is 7.91.